The van der Waals surface area contributed by atoms with Crippen LogP contribution in [0.1, 0.15) is 24.0 Å². The molecule has 0 saturated heterocycles. The lowest BCUT2D eigenvalue weighted by molar-refractivity contribution is -0.384. The van der Waals surface area contributed by atoms with E-state index in [9.17, 15) is 14.9 Å². The lowest BCUT2D eigenvalue weighted by Gasteiger charge is -2.35. The molecule has 2 aromatic carbocycles. The lowest BCUT2D eigenvalue weighted by Crippen LogP contribution is -2.29. The van der Waals surface area contributed by atoms with Crippen molar-refractivity contribution in [2.45, 2.75) is 12.8 Å². The number of para-hydroxylation sites is 1. The van der Waals surface area contributed by atoms with Crippen molar-refractivity contribution in [3.8, 4) is 0 Å². The number of hydrogen-bond acceptors (Lipinski definition) is 5. The molecular weight excluding hydrogens is 320 g/mol. The zero-order valence-electron chi connectivity index (χ0n) is 14.2. The maximum atomic E-state index is 12.5. The highest BCUT2D eigenvalue weighted by Crippen LogP contribution is 2.44. The number of nitrogens with zero attached hydrogens (tertiary/aromatic N) is 2. The van der Waals surface area contributed by atoms with Crippen LogP contribution in [0.25, 0.3) is 0 Å². The first-order valence-corrected chi connectivity index (χ1v) is 7.81. The average Bonchev–Trinajstić information content (AvgIpc) is 2.63. The maximum Gasteiger partial charge on any atom is 0.336 e. The maximum absolute atomic E-state index is 12.5. The Kier molecular flexibility index (Phi) is 4.27. The molecule has 0 amide bonds. The number of benzene rings is 2. The van der Waals surface area contributed by atoms with E-state index in [1.165, 1.54) is 19.2 Å². The van der Waals surface area contributed by atoms with Crippen molar-refractivity contribution in [1.82, 2.24) is 0 Å². The van der Waals surface area contributed by atoms with Crippen molar-refractivity contribution in [2.75, 3.05) is 19.1 Å². The highest BCUT2D eigenvalue weighted by Gasteiger charge is 2.35. The van der Waals surface area contributed by atoms with Gasteiger partial charge in [-0.25, -0.2) is 4.79 Å². The number of rotatable bonds is 3. The molecule has 0 spiro atoms. The highest BCUT2D eigenvalue weighted by atomic mass is 16.6. The number of esters is 1. The molecule has 1 unspecified atom stereocenters. The molecule has 1 aliphatic rings. The molecule has 0 aliphatic carbocycles. The molecular formula is C19H18N2O4. The molecule has 0 aromatic heterocycles. The highest BCUT2D eigenvalue weighted by molar-refractivity contribution is 5.95. The normalized spacial score (nSPS) is 16.4. The number of non-ortho nitro benzene ring substituents is 1. The summed E-state index contributed by atoms with van der Waals surface area (Å²) in [5.41, 5.74) is 3.82. The number of fused-ring (bicyclic) bond motifs is 1. The molecule has 128 valence electrons. The Labute approximate surface area is 145 Å². The standard InChI is InChI=1S/C19H18N2O4/c1-12-17(19(22)25-3)18(13-7-6-8-14(11-13)21(23)24)15-9-4-5-10-16(15)20(12)2/h4-11,18H,1-3H3. The van der Waals surface area contributed by atoms with Gasteiger partial charge >= 0.3 is 5.97 Å². The van der Waals surface area contributed by atoms with Gasteiger partial charge < -0.3 is 9.64 Å². The summed E-state index contributed by atoms with van der Waals surface area (Å²) in [6, 6.07) is 14.1. The minimum atomic E-state index is -0.435. The molecule has 2 aromatic rings. The summed E-state index contributed by atoms with van der Waals surface area (Å²) in [6.07, 6.45) is 0. The fraction of sp³-hybridized carbons (Fsp3) is 0.211. The molecule has 3 rings (SSSR count). The molecule has 0 bridgehead atoms. The van der Waals surface area contributed by atoms with Crippen molar-refractivity contribution in [2.24, 2.45) is 0 Å². The summed E-state index contributed by atoms with van der Waals surface area (Å²) < 4.78 is 5.00. The number of ether oxygens (including phenoxy) is 1. The first-order valence-electron chi connectivity index (χ1n) is 7.81. The molecule has 1 heterocycles. The van der Waals surface area contributed by atoms with Crippen LogP contribution in [0, 0.1) is 10.1 Å². The molecule has 25 heavy (non-hydrogen) atoms. The summed E-state index contributed by atoms with van der Waals surface area (Å²) >= 11 is 0. The number of nitro benzene ring substituents is 1. The van der Waals surface area contributed by atoms with Crippen LogP contribution >= 0.6 is 0 Å². The zero-order chi connectivity index (χ0) is 18.1. The van der Waals surface area contributed by atoms with Gasteiger partial charge in [0.15, 0.2) is 0 Å². The van der Waals surface area contributed by atoms with Gasteiger partial charge in [0, 0.05) is 36.5 Å². The monoisotopic (exact) mass is 338 g/mol. The predicted molar refractivity (Wildman–Crippen MR) is 94.5 cm³/mol. The van der Waals surface area contributed by atoms with Gasteiger partial charge in [0.2, 0.25) is 0 Å². The lowest BCUT2D eigenvalue weighted by atomic mass is 9.80. The second-order valence-electron chi connectivity index (χ2n) is 5.89. The van der Waals surface area contributed by atoms with Crippen molar-refractivity contribution in [1.29, 1.82) is 0 Å². The Hall–Kier alpha value is -3.15. The minimum absolute atomic E-state index is 0.00391. The van der Waals surface area contributed by atoms with E-state index in [1.807, 2.05) is 43.1 Å². The molecule has 1 aliphatic heterocycles. The topological polar surface area (TPSA) is 72.7 Å². The summed E-state index contributed by atoms with van der Waals surface area (Å²) in [5.74, 6) is -0.852. The van der Waals surface area contributed by atoms with E-state index in [0.29, 0.717) is 11.1 Å². The Morgan fingerprint density at radius 1 is 1.20 bits per heavy atom. The quantitative estimate of drug-likeness (QED) is 0.485. The van der Waals surface area contributed by atoms with Gasteiger partial charge in [-0.15, -0.1) is 0 Å². The Balaban J connectivity index is 2.27. The van der Waals surface area contributed by atoms with Crippen LogP contribution in [-0.4, -0.2) is 25.1 Å². The third-order valence-electron chi connectivity index (χ3n) is 4.61. The van der Waals surface area contributed by atoms with Crippen molar-refractivity contribution in [3.63, 3.8) is 0 Å². The third kappa shape index (κ3) is 2.76. The summed E-state index contributed by atoms with van der Waals surface area (Å²) in [4.78, 5) is 25.2. The van der Waals surface area contributed by atoms with E-state index in [1.54, 1.807) is 12.1 Å². The van der Waals surface area contributed by atoms with Crippen LogP contribution in [0.2, 0.25) is 0 Å². The van der Waals surface area contributed by atoms with Crippen molar-refractivity contribution < 1.29 is 14.5 Å². The molecule has 1 atom stereocenters. The third-order valence-corrected chi connectivity index (χ3v) is 4.61. The van der Waals surface area contributed by atoms with Crippen LogP contribution in [0.4, 0.5) is 11.4 Å². The van der Waals surface area contributed by atoms with E-state index in [2.05, 4.69) is 0 Å². The van der Waals surface area contributed by atoms with Gasteiger partial charge in [0.05, 0.1) is 17.6 Å². The van der Waals surface area contributed by atoms with E-state index in [0.717, 1.165) is 16.9 Å². The Morgan fingerprint density at radius 3 is 2.60 bits per heavy atom. The SMILES string of the molecule is COC(=O)C1=C(C)N(C)c2ccccc2C1c1cccc([N+](=O)[O-])c1. The van der Waals surface area contributed by atoms with Gasteiger partial charge in [-0.3, -0.25) is 10.1 Å². The molecule has 6 heteroatoms. The van der Waals surface area contributed by atoms with Crippen molar-refractivity contribution >= 4 is 17.3 Å². The van der Waals surface area contributed by atoms with E-state index in [4.69, 9.17) is 4.74 Å². The number of allylic oxidation sites excluding steroid dienone is 1. The summed E-state index contributed by atoms with van der Waals surface area (Å²) in [5, 5.41) is 11.2. The average molecular weight is 338 g/mol. The van der Waals surface area contributed by atoms with E-state index < -0.39 is 16.8 Å². The van der Waals surface area contributed by atoms with Gasteiger partial charge in [0.1, 0.15) is 0 Å². The van der Waals surface area contributed by atoms with Crippen LogP contribution in [0.5, 0.6) is 0 Å². The molecule has 0 fully saturated rings. The van der Waals surface area contributed by atoms with Gasteiger partial charge in [0.25, 0.3) is 5.69 Å². The van der Waals surface area contributed by atoms with Crippen LogP contribution < -0.4 is 4.90 Å². The second kappa shape index (κ2) is 6.39. The zero-order valence-corrected chi connectivity index (χ0v) is 14.2. The largest absolute Gasteiger partial charge is 0.466 e. The van der Waals surface area contributed by atoms with E-state index >= 15 is 0 Å². The molecule has 0 N–H and O–H groups in total. The first-order chi connectivity index (χ1) is 12.0. The number of methoxy groups -OCH3 is 1. The number of hydrogen-bond donors (Lipinski definition) is 0. The Bertz CT molecular complexity index is 888. The molecule has 0 radical (unpaired) electrons. The van der Waals surface area contributed by atoms with Crippen LogP contribution in [0.3, 0.4) is 0 Å². The van der Waals surface area contributed by atoms with Crippen LogP contribution in [-0.2, 0) is 9.53 Å². The summed E-state index contributed by atoms with van der Waals surface area (Å²) in [7, 11) is 3.23. The molecule has 0 saturated carbocycles. The predicted octanol–water partition coefficient (Wildman–Crippen LogP) is 3.62. The van der Waals surface area contributed by atoms with Gasteiger partial charge in [-0.05, 0) is 24.1 Å². The first kappa shape index (κ1) is 16.7. The van der Waals surface area contributed by atoms with Gasteiger partial charge in [-0.1, -0.05) is 30.3 Å². The number of nitro groups is 1. The van der Waals surface area contributed by atoms with Crippen molar-refractivity contribution in [3.05, 3.63) is 81.0 Å². The Morgan fingerprint density at radius 2 is 1.92 bits per heavy atom. The second-order valence-corrected chi connectivity index (χ2v) is 5.89. The molecule has 6 nitrogen and oxygen atoms in total. The fourth-order valence-corrected chi connectivity index (χ4v) is 3.30. The fourth-order valence-electron chi connectivity index (χ4n) is 3.30. The van der Waals surface area contributed by atoms with E-state index in [-0.39, 0.29) is 5.69 Å². The smallest absolute Gasteiger partial charge is 0.336 e. The minimum Gasteiger partial charge on any atom is -0.466 e. The number of carbonyl (C=O) groups is 1. The number of anilines is 1. The van der Waals surface area contributed by atoms with Crippen LogP contribution in [0.15, 0.2) is 59.8 Å². The number of carbonyl (C=O) groups excluding carboxylic acids is 1. The van der Waals surface area contributed by atoms with Gasteiger partial charge in [-0.2, -0.15) is 0 Å². The summed E-state index contributed by atoms with van der Waals surface area (Å²) in [6.45, 7) is 1.85.